The second kappa shape index (κ2) is 9.29. The lowest BCUT2D eigenvalue weighted by atomic mass is 10.0. The highest BCUT2D eigenvalue weighted by Crippen LogP contribution is 2.19. The number of halogens is 2. The first kappa shape index (κ1) is 16.4. The molecule has 0 aliphatic rings. The second-order valence-electron chi connectivity index (χ2n) is 4.60. The third-order valence-corrected chi connectivity index (χ3v) is 3.29. The lowest BCUT2D eigenvalue weighted by Gasteiger charge is -2.18. The summed E-state index contributed by atoms with van der Waals surface area (Å²) in [4.78, 5) is 0. The summed E-state index contributed by atoms with van der Waals surface area (Å²) in [6.45, 7) is 6.62. The first-order chi connectivity index (χ1) is 9.17. The van der Waals surface area contributed by atoms with Crippen molar-refractivity contribution in [2.24, 2.45) is 0 Å². The van der Waals surface area contributed by atoms with E-state index in [0.29, 0.717) is 11.1 Å². The van der Waals surface area contributed by atoms with Gasteiger partial charge >= 0.3 is 0 Å². The van der Waals surface area contributed by atoms with Gasteiger partial charge in [0.05, 0.1) is 0 Å². The van der Waals surface area contributed by atoms with Gasteiger partial charge in [-0.2, -0.15) is 0 Å². The summed E-state index contributed by atoms with van der Waals surface area (Å²) in [5.74, 6) is -0.292. The molecule has 1 aromatic rings. The molecule has 0 bridgehead atoms. The van der Waals surface area contributed by atoms with E-state index in [1.807, 2.05) is 0 Å². The summed E-state index contributed by atoms with van der Waals surface area (Å²) >= 11 is 6.06. The molecule has 0 aliphatic heterocycles. The van der Waals surface area contributed by atoms with Crippen LogP contribution < -0.4 is 5.32 Å². The Kier molecular flexibility index (Phi) is 8.03. The van der Waals surface area contributed by atoms with Gasteiger partial charge in [0, 0.05) is 24.3 Å². The SMILES string of the molecule is CCCOCCC(Cc1ccc(F)cc1Cl)NCC. The van der Waals surface area contributed by atoms with Crippen LogP contribution in [0.5, 0.6) is 0 Å². The molecule has 19 heavy (non-hydrogen) atoms. The highest BCUT2D eigenvalue weighted by molar-refractivity contribution is 6.31. The predicted molar refractivity (Wildman–Crippen MR) is 78.3 cm³/mol. The van der Waals surface area contributed by atoms with Gasteiger partial charge in [-0.05, 0) is 43.5 Å². The van der Waals surface area contributed by atoms with Gasteiger partial charge in [-0.3, -0.25) is 0 Å². The number of ether oxygens (including phenoxy) is 1. The molecule has 108 valence electrons. The summed E-state index contributed by atoms with van der Waals surface area (Å²) < 4.78 is 18.5. The fraction of sp³-hybridized carbons (Fsp3) is 0.600. The number of benzene rings is 1. The molecule has 0 heterocycles. The fourth-order valence-corrected chi connectivity index (χ4v) is 2.23. The van der Waals surface area contributed by atoms with Crippen molar-refractivity contribution in [3.05, 3.63) is 34.6 Å². The van der Waals surface area contributed by atoms with Crippen LogP contribution in [0.3, 0.4) is 0 Å². The molecule has 0 fully saturated rings. The molecule has 0 spiro atoms. The van der Waals surface area contributed by atoms with Crippen LogP contribution in [0, 0.1) is 5.82 Å². The van der Waals surface area contributed by atoms with Crippen molar-refractivity contribution in [3.63, 3.8) is 0 Å². The Morgan fingerprint density at radius 2 is 2.11 bits per heavy atom. The van der Waals surface area contributed by atoms with E-state index in [-0.39, 0.29) is 5.82 Å². The van der Waals surface area contributed by atoms with E-state index < -0.39 is 0 Å². The summed E-state index contributed by atoms with van der Waals surface area (Å²) in [5, 5.41) is 3.92. The molecule has 0 saturated heterocycles. The monoisotopic (exact) mass is 287 g/mol. The topological polar surface area (TPSA) is 21.3 Å². The van der Waals surface area contributed by atoms with Gasteiger partial charge in [0.2, 0.25) is 0 Å². The van der Waals surface area contributed by atoms with Gasteiger partial charge < -0.3 is 10.1 Å². The van der Waals surface area contributed by atoms with Crippen LogP contribution in [0.15, 0.2) is 18.2 Å². The van der Waals surface area contributed by atoms with Crippen molar-refractivity contribution in [2.75, 3.05) is 19.8 Å². The summed E-state index contributed by atoms with van der Waals surface area (Å²) in [7, 11) is 0. The molecule has 1 atom stereocenters. The van der Waals surface area contributed by atoms with E-state index >= 15 is 0 Å². The lowest BCUT2D eigenvalue weighted by molar-refractivity contribution is 0.124. The molecule has 4 heteroatoms. The molecular formula is C15H23ClFNO. The lowest BCUT2D eigenvalue weighted by Crippen LogP contribution is -2.32. The third-order valence-electron chi connectivity index (χ3n) is 2.93. The third kappa shape index (κ3) is 6.37. The Bertz CT molecular complexity index is 373. The quantitative estimate of drug-likeness (QED) is 0.697. The van der Waals surface area contributed by atoms with E-state index in [0.717, 1.165) is 44.6 Å². The van der Waals surface area contributed by atoms with Gasteiger partial charge in [-0.25, -0.2) is 4.39 Å². The van der Waals surface area contributed by atoms with Crippen LogP contribution in [0.25, 0.3) is 0 Å². The second-order valence-corrected chi connectivity index (χ2v) is 5.00. The van der Waals surface area contributed by atoms with Crippen molar-refractivity contribution in [1.82, 2.24) is 5.32 Å². The zero-order valence-electron chi connectivity index (χ0n) is 11.7. The van der Waals surface area contributed by atoms with Crippen LogP contribution in [0.2, 0.25) is 5.02 Å². The first-order valence-corrected chi connectivity index (χ1v) is 7.30. The van der Waals surface area contributed by atoms with Crippen molar-refractivity contribution in [2.45, 2.75) is 39.2 Å². The molecule has 1 unspecified atom stereocenters. The summed E-state index contributed by atoms with van der Waals surface area (Å²) in [5.41, 5.74) is 0.976. The normalized spacial score (nSPS) is 12.6. The first-order valence-electron chi connectivity index (χ1n) is 6.92. The largest absolute Gasteiger partial charge is 0.381 e. The maximum absolute atomic E-state index is 13.0. The maximum atomic E-state index is 13.0. The molecule has 0 saturated carbocycles. The van der Waals surface area contributed by atoms with Crippen LogP contribution in [0.4, 0.5) is 4.39 Å². The molecule has 0 radical (unpaired) electrons. The average molecular weight is 288 g/mol. The molecular weight excluding hydrogens is 265 g/mol. The summed E-state index contributed by atoms with van der Waals surface area (Å²) in [6, 6.07) is 4.89. The zero-order valence-corrected chi connectivity index (χ0v) is 12.5. The Morgan fingerprint density at radius 3 is 2.74 bits per heavy atom. The highest BCUT2D eigenvalue weighted by Gasteiger charge is 2.11. The Hall–Kier alpha value is -0.640. The maximum Gasteiger partial charge on any atom is 0.124 e. The molecule has 1 aromatic carbocycles. The van der Waals surface area contributed by atoms with Gasteiger partial charge in [-0.1, -0.05) is 31.5 Å². The number of hydrogen-bond donors (Lipinski definition) is 1. The van der Waals surface area contributed by atoms with Crippen LogP contribution in [0.1, 0.15) is 32.3 Å². The molecule has 1 N–H and O–H groups in total. The minimum absolute atomic E-state index is 0.292. The number of hydrogen-bond acceptors (Lipinski definition) is 2. The van der Waals surface area contributed by atoms with Crippen molar-refractivity contribution in [1.29, 1.82) is 0 Å². The van der Waals surface area contributed by atoms with Gasteiger partial charge in [-0.15, -0.1) is 0 Å². The predicted octanol–water partition coefficient (Wildman–Crippen LogP) is 3.82. The van der Waals surface area contributed by atoms with Crippen LogP contribution >= 0.6 is 11.6 Å². The zero-order chi connectivity index (χ0) is 14.1. The number of likely N-dealkylation sites (N-methyl/N-ethyl adjacent to an activating group) is 1. The smallest absolute Gasteiger partial charge is 0.124 e. The van der Waals surface area contributed by atoms with Crippen LogP contribution in [-0.4, -0.2) is 25.8 Å². The molecule has 0 amide bonds. The molecule has 0 aromatic heterocycles. The van der Waals surface area contributed by atoms with Crippen molar-refractivity contribution in [3.8, 4) is 0 Å². The molecule has 2 nitrogen and oxygen atoms in total. The minimum Gasteiger partial charge on any atom is -0.381 e. The van der Waals surface area contributed by atoms with Gasteiger partial charge in [0.15, 0.2) is 0 Å². The summed E-state index contributed by atoms with van der Waals surface area (Å²) in [6.07, 6.45) is 2.76. The van der Waals surface area contributed by atoms with Crippen molar-refractivity contribution >= 4 is 11.6 Å². The van der Waals surface area contributed by atoms with Crippen LogP contribution in [-0.2, 0) is 11.2 Å². The van der Waals surface area contributed by atoms with E-state index in [2.05, 4.69) is 19.2 Å². The van der Waals surface area contributed by atoms with Gasteiger partial charge in [0.1, 0.15) is 5.82 Å². The Labute approximate surface area is 120 Å². The highest BCUT2D eigenvalue weighted by atomic mass is 35.5. The fourth-order valence-electron chi connectivity index (χ4n) is 1.99. The minimum atomic E-state index is -0.292. The van der Waals surface area contributed by atoms with E-state index in [9.17, 15) is 4.39 Å². The van der Waals surface area contributed by atoms with Gasteiger partial charge in [0.25, 0.3) is 0 Å². The Morgan fingerprint density at radius 1 is 1.32 bits per heavy atom. The van der Waals surface area contributed by atoms with E-state index in [4.69, 9.17) is 16.3 Å². The molecule has 0 aliphatic carbocycles. The van der Waals surface area contributed by atoms with E-state index in [1.165, 1.54) is 12.1 Å². The molecule has 1 rings (SSSR count). The van der Waals surface area contributed by atoms with E-state index in [1.54, 1.807) is 6.07 Å². The standard InChI is InChI=1S/C15H23ClFNO/c1-3-8-19-9-7-14(18-4-2)10-12-5-6-13(17)11-15(12)16/h5-6,11,14,18H,3-4,7-10H2,1-2H3. The van der Waals surface area contributed by atoms with Crippen molar-refractivity contribution < 1.29 is 9.13 Å². The average Bonchev–Trinajstić information content (AvgIpc) is 2.38. The Balaban J connectivity index is 2.51. The number of rotatable bonds is 9. The number of nitrogens with one attached hydrogen (secondary N) is 1.